The number of amides is 2. The van der Waals surface area contributed by atoms with Gasteiger partial charge in [-0.2, -0.15) is 5.10 Å². The van der Waals surface area contributed by atoms with Gasteiger partial charge in [-0.3, -0.25) is 14.7 Å². The lowest BCUT2D eigenvalue weighted by molar-refractivity contribution is 0.0350. The lowest BCUT2D eigenvalue weighted by Gasteiger charge is -2.31. The quantitative estimate of drug-likeness (QED) is 0.380. The summed E-state index contributed by atoms with van der Waals surface area (Å²) in [4.78, 5) is 30.5. The third-order valence-electron chi connectivity index (χ3n) is 7.56. The fraction of sp³-hybridized carbons (Fsp3) is 0.233. The van der Waals surface area contributed by atoms with Crippen LogP contribution < -0.4 is 10.6 Å². The zero-order valence-electron chi connectivity index (χ0n) is 21.2. The number of ether oxygens (including phenoxy) is 1. The number of anilines is 2. The largest absolute Gasteiger partial charge is 0.398 e. The van der Waals surface area contributed by atoms with E-state index in [-0.39, 0.29) is 17.9 Å². The number of rotatable bonds is 5. The molecule has 0 unspecified atom stereocenters. The van der Waals surface area contributed by atoms with Crippen LogP contribution in [0.2, 0.25) is 0 Å². The Labute approximate surface area is 220 Å². The molecule has 8 heteroatoms. The number of likely N-dealkylation sites (tertiary alicyclic amines) is 1. The summed E-state index contributed by atoms with van der Waals surface area (Å²) in [5, 5.41) is 8.49. The van der Waals surface area contributed by atoms with Crippen LogP contribution in [-0.4, -0.2) is 53.2 Å². The van der Waals surface area contributed by atoms with Crippen LogP contribution in [0.3, 0.4) is 0 Å². The number of carbonyl (C=O) groups excluding carboxylic acids is 2. The third kappa shape index (κ3) is 4.22. The van der Waals surface area contributed by atoms with Gasteiger partial charge in [-0.15, -0.1) is 0 Å². The Kier molecular flexibility index (Phi) is 6.17. The summed E-state index contributed by atoms with van der Waals surface area (Å²) in [6.45, 7) is 1.64. The number of hydrogen-bond acceptors (Lipinski definition) is 5. The van der Waals surface area contributed by atoms with Crippen molar-refractivity contribution in [3.63, 3.8) is 0 Å². The molecule has 1 aromatic heterocycles. The highest BCUT2D eigenvalue weighted by Gasteiger charge is 2.32. The second kappa shape index (κ2) is 9.79. The Morgan fingerprint density at radius 3 is 2.68 bits per heavy atom. The molecule has 8 nitrogen and oxygen atoms in total. The van der Waals surface area contributed by atoms with E-state index in [1.165, 1.54) is 0 Å². The molecule has 2 aliphatic heterocycles. The monoisotopic (exact) mass is 507 g/mol. The highest BCUT2D eigenvalue weighted by Crippen LogP contribution is 2.35. The molecule has 0 bridgehead atoms. The molecule has 3 aromatic carbocycles. The highest BCUT2D eigenvalue weighted by atomic mass is 16.5. The number of piperidine rings is 1. The standard InChI is InChI=1S/C30H29N5O3/c1-38-21-13-15-34(16-14-21)29(36)20-10-9-19(11-12-27-23-5-2-3-8-26(23)32-33-27)28(17-20)35-18-24-22(30(35)37)6-4-7-25(24)31/h2-12,17,21H,13-16,18,31H2,1H3,(H,32,33)/b12-11+. The van der Waals surface area contributed by atoms with Gasteiger partial charge in [0.05, 0.1) is 29.5 Å². The molecule has 2 aliphatic rings. The first-order valence-electron chi connectivity index (χ1n) is 12.8. The van der Waals surface area contributed by atoms with Gasteiger partial charge in [-0.05, 0) is 54.8 Å². The van der Waals surface area contributed by atoms with Gasteiger partial charge in [0.15, 0.2) is 0 Å². The smallest absolute Gasteiger partial charge is 0.259 e. The molecular formula is C30H29N5O3. The first-order valence-corrected chi connectivity index (χ1v) is 12.8. The fourth-order valence-corrected chi connectivity index (χ4v) is 5.36. The second-order valence-corrected chi connectivity index (χ2v) is 9.75. The predicted molar refractivity (Wildman–Crippen MR) is 149 cm³/mol. The molecule has 192 valence electrons. The van der Waals surface area contributed by atoms with Gasteiger partial charge in [0.25, 0.3) is 11.8 Å². The Hall–Kier alpha value is -4.43. The van der Waals surface area contributed by atoms with Gasteiger partial charge in [0.1, 0.15) is 0 Å². The summed E-state index contributed by atoms with van der Waals surface area (Å²) in [5.74, 6) is -0.170. The van der Waals surface area contributed by atoms with E-state index in [0.717, 1.165) is 40.6 Å². The minimum atomic E-state index is -0.127. The van der Waals surface area contributed by atoms with Crippen molar-refractivity contribution in [2.24, 2.45) is 0 Å². The van der Waals surface area contributed by atoms with Gasteiger partial charge in [0, 0.05) is 48.0 Å². The van der Waals surface area contributed by atoms with E-state index in [1.807, 2.05) is 65.6 Å². The normalized spacial score (nSPS) is 16.1. The second-order valence-electron chi connectivity index (χ2n) is 9.75. The van der Waals surface area contributed by atoms with E-state index in [4.69, 9.17) is 10.5 Å². The molecule has 3 N–H and O–H groups in total. The molecule has 3 heterocycles. The molecule has 0 aliphatic carbocycles. The SMILES string of the molecule is COC1CCN(C(=O)c2ccc(/C=C/c3n[nH]c4ccccc34)c(N3Cc4c(N)cccc4C3=O)c2)CC1. The number of aromatic amines is 1. The van der Waals surface area contributed by atoms with E-state index < -0.39 is 0 Å². The third-order valence-corrected chi connectivity index (χ3v) is 7.56. The molecule has 0 radical (unpaired) electrons. The number of carbonyl (C=O) groups is 2. The van der Waals surface area contributed by atoms with Gasteiger partial charge in [-0.1, -0.05) is 36.4 Å². The van der Waals surface area contributed by atoms with Crippen molar-refractivity contribution in [1.82, 2.24) is 15.1 Å². The summed E-state index contributed by atoms with van der Waals surface area (Å²) in [5.41, 5.74) is 12.0. The molecule has 2 amide bonds. The number of nitrogens with one attached hydrogen (secondary N) is 1. The van der Waals surface area contributed by atoms with Crippen molar-refractivity contribution in [3.05, 3.63) is 88.6 Å². The molecule has 38 heavy (non-hydrogen) atoms. The minimum Gasteiger partial charge on any atom is -0.398 e. The molecule has 0 saturated carbocycles. The van der Waals surface area contributed by atoms with Crippen molar-refractivity contribution >= 4 is 46.2 Å². The maximum Gasteiger partial charge on any atom is 0.259 e. The number of nitrogens with two attached hydrogens (primary N) is 1. The van der Waals surface area contributed by atoms with Gasteiger partial charge in [-0.25, -0.2) is 0 Å². The molecule has 0 spiro atoms. The first-order chi connectivity index (χ1) is 18.5. The predicted octanol–water partition coefficient (Wildman–Crippen LogP) is 4.73. The molecule has 6 rings (SSSR count). The van der Waals surface area contributed by atoms with Crippen LogP contribution in [0.15, 0.2) is 60.7 Å². The van der Waals surface area contributed by atoms with Crippen molar-refractivity contribution in [1.29, 1.82) is 0 Å². The fourth-order valence-electron chi connectivity index (χ4n) is 5.36. The Morgan fingerprint density at radius 1 is 1.08 bits per heavy atom. The maximum atomic E-state index is 13.5. The van der Waals surface area contributed by atoms with Crippen LogP contribution in [0.1, 0.15) is 50.4 Å². The Morgan fingerprint density at radius 2 is 1.89 bits per heavy atom. The topological polar surface area (TPSA) is 105 Å². The summed E-state index contributed by atoms with van der Waals surface area (Å²) < 4.78 is 5.46. The van der Waals surface area contributed by atoms with Gasteiger partial charge < -0.3 is 20.3 Å². The molecule has 1 saturated heterocycles. The number of nitrogen functional groups attached to an aromatic ring is 1. The van der Waals surface area contributed by atoms with Crippen molar-refractivity contribution in [2.45, 2.75) is 25.5 Å². The number of H-pyrrole nitrogens is 1. The van der Waals surface area contributed by atoms with E-state index >= 15 is 0 Å². The van der Waals surface area contributed by atoms with Crippen LogP contribution in [0, 0.1) is 0 Å². The molecule has 0 atom stereocenters. The summed E-state index contributed by atoms with van der Waals surface area (Å²) in [7, 11) is 1.71. The summed E-state index contributed by atoms with van der Waals surface area (Å²) in [6.07, 6.45) is 5.68. The average Bonchev–Trinajstić information content (AvgIpc) is 3.53. The first kappa shape index (κ1) is 23.9. The van der Waals surface area contributed by atoms with Crippen LogP contribution >= 0.6 is 0 Å². The van der Waals surface area contributed by atoms with E-state index in [1.54, 1.807) is 24.1 Å². The molecule has 4 aromatic rings. The van der Waals surface area contributed by atoms with Gasteiger partial charge in [0.2, 0.25) is 0 Å². The molecular weight excluding hydrogens is 478 g/mol. The van der Waals surface area contributed by atoms with Crippen molar-refractivity contribution in [3.8, 4) is 0 Å². The zero-order chi connectivity index (χ0) is 26.2. The number of aromatic nitrogens is 2. The number of methoxy groups -OCH3 is 1. The van der Waals surface area contributed by atoms with Crippen molar-refractivity contribution in [2.75, 3.05) is 30.8 Å². The van der Waals surface area contributed by atoms with E-state index in [2.05, 4.69) is 10.2 Å². The van der Waals surface area contributed by atoms with Crippen LogP contribution in [0.25, 0.3) is 23.1 Å². The zero-order valence-corrected chi connectivity index (χ0v) is 21.2. The van der Waals surface area contributed by atoms with Crippen LogP contribution in [0.5, 0.6) is 0 Å². The average molecular weight is 508 g/mol. The lowest BCUT2D eigenvalue weighted by Crippen LogP contribution is -2.40. The molecule has 1 fully saturated rings. The van der Waals surface area contributed by atoms with E-state index in [9.17, 15) is 9.59 Å². The number of para-hydroxylation sites is 1. The van der Waals surface area contributed by atoms with Crippen molar-refractivity contribution < 1.29 is 14.3 Å². The maximum absolute atomic E-state index is 13.5. The van der Waals surface area contributed by atoms with E-state index in [0.29, 0.717) is 42.1 Å². The Bertz CT molecular complexity index is 1570. The van der Waals surface area contributed by atoms with Crippen LogP contribution in [0.4, 0.5) is 11.4 Å². The minimum absolute atomic E-state index is 0.0432. The number of benzene rings is 3. The van der Waals surface area contributed by atoms with Gasteiger partial charge >= 0.3 is 0 Å². The van der Waals surface area contributed by atoms with Crippen LogP contribution in [-0.2, 0) is 11.3 Å². The number of fused-ring (bicyclic) bond motifs is 2. The Balaban J connectivity index is 1.37. The summed E-state index contributed by atoms with van der Waals surface area (Å²) >= 11 is 0. The highest BCUT2D eigenvalue weighted by molar-refractivity contribution is 6.12. The number of nitrogens with zero attached hydrogens (tertiary/aromatic N) is 3. The number of hydrogen-bond donors (Lipinski definition) is 2. The lowest BCUT2D eigenvalue weighted by atomic mass is 10.0. The summed E-state index contributed by atoms with van der Waals surface area (Å²) in [6, 6.07) is 18.9.